The van der Waals surface area contributed by atoms with E-state index in [2.05, 4.69) is 53.7 Å². The summed E-state index contributed by atoms with van der Waals surface area (Å²) in [7, 11) is 3.90. The van der Waals surface area contributed by atoms with Gasteiger partial charge in [0.15, 0.2) is 5.72 Å². The standard InChI is InChI=1S/C14H15NOS/c1-15-12-7-4-3-6-11(12)10-14(15,16-2)13-8-5-9-17-13/h3-9H,10H2,1-2H3. The molecule has 0 saturated heterocycles. The van der Waals surface area contributed by atoms with Gasteiger partial charge in [0.25, 0.3) is 0 Å². The molecule has 17 heavy (non-hydrogen) atoms. The zero-order valence-electron chi connectivity index (χ0n) is 10.0. The van der Waals surface area contributed by atoms with Gasteiger partial charge in [-0.3, -0.25) is 0 Å². The summed E-state index contributed by atoms with van der Waals surface area (Å²) in [5.74, 6) is 0. The van der Waals surface area contributed by atoms with E-state index in [1.54, 1.807) is 18.4 Å². The number of nitrogens with zero attached hydrogens (tertiary/aromatic N) is 1. The topological polar surface area (TPSA) is 12.5 Å². The van der Waals surface area contributed by atoms with Gasteiger partial charge in [-0.1, -0.05) is 24.3 Å². The van der Waals surface area contributed by atoms with Crippen LogP contribution in [0, 0.1) is 0 Å². The zero-order valence-corrected chi connectivity index (χ0v) is 10.8. The molecule has 1 aromatic carbocycles. The van der Waals surface area contributed by atoms with Gasteiger partial charge in [0.2, 0.25) is 0 Å². The van der Waals surface area contributed by atoms with Gasteiger partial charge in [0, 0.05) is 26.3 Å². The third kappa shape index (κ3) is 1.43. The Kier molecular flexibility index (Phi) is 2.45. The molecule has 1 aliphatic heterocycles. The molecular weight excluding hydrogens is 230 g/mol. The van der Waals surface area contributed by atoms with Gasteiger partial charge in [-0.15, -0.1) is 11.3 Å². The Bertz CT molecular complexity index is 523. The van der Waals surface area contributed by atoms with Crippen molar-refractivity contribution in [2.75, 3.05) is 19.1 Å². The summed E-state index contributed by atoms with van der Waals surface area (Å²) in [4.78, 5) is 3.51. The van der Waals surface area contributed by atoms with Gasteiger partial charge in [-0.2, -0.15) is 0 Å². The quantitative estimate of drug-likeness (QED) is 0.805. The Morgan fingerprint density at radius 1 is 1.24 bits per heavy atom. The molecule has 88 valence electrons. The van der Waals surface area contributed by atoms with Crippen LogP contribution in [0.3, 0.4) is 0 Å². The molecule has 0 amide bonds. The minimum atomic E-state index is -0.322. The van der Waals surface area contributed by atoms with Crippen molar-refractivity contribution in [2.24, 2.45) is 0 Å². The number of methoxy groups -OCH3 is 1. The Morgan fingerprint density at radius 2 is 2.06 bits per heavy atom. The van der Waals surface area contributed by atoms with Crippen molar-refractivity contribution in [3.8, 4) is 0 Å². The van der Waals surface area contributed by atoms with E-state index in [4.69, 9.17) is 4.74 Å². The molecule has 3 rings (SSSR count). The second-order valence-electron chi connectivity index (χ2n) is 4.33. The van der Waals surface area contributed by atoms with Crippen molar-refractivity contribution >= 4 is 17.0 Å². The number of anilines is 1. The van der Waals surface area contributed by atoms with Crippen LogP contribution >= 0.6 is 11.3 Å². The highest BCUT2D eigenvalue weighted by Gasteiger charge is 2.44. The number of para-hydroxylation sites is 1. The molecule has 1 atom stereocenters. The highest BCUT2D eigenvalue weighted by atomic mass is 32.1. The van der Waals surface area contributed by atoms with E-state index < -0.39 is 0 Å². The largest absolute Gasteiger partial charge is 0.353 e. The summed E-state index contributed by atoms with van der Waals surface area (Å²) < 4.78 is 5.87. The maximum absolute atomic E-state index is 5.87. The van der Waals surface area contributed by atoms with Crippen molar-refractivity contribution in [3.63, 3.8) is 0 Å². The first-order chi connectivity index (χ1) is 8.28. The molecule has 0 spiro atoms. The van der Waals surface area contributed by atoms with Gasteiger partial charge < -0.3 is 9.64 Å². The molecule has 3 heteroatoms. The second kappa shape index (κ2) is 3.86. The molecule has 2 nitrogen and oxygen atoms in total. The van der Waals surface area contributed by atoms with Crippen molar-refractivity contribution in [1.29, 1.82) is 0 Å². The summed E-state index contributed by atoms with van der Waals surface area (Å²) in [5, 5.41) is 2.10. The monoisotopic (exact) mass is 245 g/mol. The number of hydrogen-bond donors (Lipinski definition) is 0. The molecule has 1 unspecified atom stereocenters. The van der Waals surface area contributed by atoms with Gasteiger partial charge in [0.1, 0.15) is 0 Å². The van der Waals surface area contributed by atoms with E-state index in [1.165, 1.54) is 16.1 Å². The SMILES string of the molecule is COC1(c2cccs2)Cc2ccccc2N1C. The first kappa shape index (κ1) is 10.8. The summed E-state index contributed by atoms with van der Waals surface area (Å²) in [5.41, 5.74) is 2.30. The molecule has 0 bridgehead atoms. The second-order valence-corrected chi connectivity index (χ2v) is 5.28. The highest BCUT2D eigenvalue weighted by Crippen LogP contribution is 2.45. The van der Waals surface area contributed by atoms with Crippen LogP contribution < -0.4 is 4.90 Å². The third-order valence-electron chi connectivity index (χ3n) is 3.57. The Balaban J connectivity index is 2.12. The van der Waals surface area contributed by atoms with Crippen LogP contribution in [0.2, 0.25) is 0 Å². The highest BCUT2D eigenvalue weighted by molar-refractivity contribution is 7.10. The average Bonchev–Trinajstić information content (AvgIpc) is 2.97. The smallest absolute Gasteiger partial charge is 0.180 e. The predicted molar refractivity (Wildman–Crippen MR) is 71.6 cm³/mol. The molecule has 0 aliphatic carbocycles. The fourth-order valence-corrected chi connectivity index (χ4v) is 3.56. The number of likely N-dealkylation sites (N-methyl/N-ethyl adjacent to an activating group) is 1. The fourth-order valence-electron chi connectivity index (χ4n) is 2.62. The van der Waals surface area contributed by atoms with Crippen LogP contribution in [0.25, 0.3) is 0 Å². The van der Waals surface area contributed by atoms with E-state index in [0.29, 0.717) is 0 Å². The predicted octanol–water partition coefficient (Wildman–Crippen LogP) is 3.24. The number of rotatable bonds is 2. The lowest BCUT2D eigenvalue weighted by atomic mass is 10.1. The number of ether oxygens (including phenoxy) is 1. The number of thiophene rings is 1. The normalized spacial score (nSPS) is 22.8. The van der Waals surface area contributed by atoms with Crippen LogP contribution in [0.5, 0.6) is 0 Å². The van der Waals surface area contributed by atoms with E-state index in [1.807, 2.05) is 0 Å². The van der Waals surface area contributed by atoms with Gasteiger partial charge in [0.05, 0.1) is 4.88 Å². The number of hydrogen-bond acceptors (Lipinski definition) is 3. The molecule has 2 aromatic rings. The van der Waals surface area contributed by atoms with E-state index in [9.17, 15) is 0 Å². The molecular formula is C14H15NOS. The number of fused-ring (bicyclic) bond motifs is 1. The van der Waals surface area contributed by atoms with Crippen molar-refractivity contribution in [3.05, 3.63) is 52.2 Å². The number of benzene rings is 1. The van der Waals surface area contributed by atoms with Gasteiger partial charge in [-0.25, -0.2) is 0 Å². The molecule has 2 heterocycles. The van der Waals surface area contributed by atoms with Crippen LogP contribution in [-0.4, -0.2) is 14.2 Å². The summed E-state index contributed by atoms with van der Waals surface area (Å²) in [6, 6.07) is 12.7. The van der Waals surface area contributed by atoms with Crippen molar-refractivity contribution < 1.29 is 4.74 Å². The molecule has 0 N–H and O–H groups in total. The summed E-state index contributed by atoms with van der Waals surface area (Å²) in [6.07, 6.45) is 0.913. The average molecular weight is 245 g/mol. The molecule has 0 fully saturated rings. The van der Waals surface area contributed by atoms with Crippen LogP contribution in [0.15, 0.2) is 41.8 Å². The minimum absolute atomic E-state index is 0.322. The lowest BCUT2D eigenvalue weighted by Crippen LogP contribution is -2.42. The fraction of sp³-hybridized carbons (Fsp3) is 0.286. The van der Waals surface area contributed by atoms with E-state index in [-0.39, 0.29) is 5.72 Å². The van der Waals surface area contributed by atoms with Crippen molar-refractivity contribution in [2.45, 2.75) is 12.1 Å². The lowest BCUT2D eigenvalue weighted by Gasteiger charge is -2.35. The molecule has 1 aliphatic rings. The van der Waals surface area contributed by atoms with Crippen LogP contribution in [0.1, 0.15) is 10.4 Å². The van der Waals surface area contributed by atoms with Crippen LogP contribution in [-0.2, 0) is 16.9 Å². The summed E-state index contributed by atoms with van der Waals surface area (Å²) in [6.45, 7) is 0. The summed E-state index contributed by atoms with van der Waals surface area (Å²) >= 11 is 1.75. The minimum Gasteiger partial charge on any atom is -0.353 e. The Labute approximate surface area is 105 Å². The first-order valence-electron chi connectivity index (χ1n) is 5.69. The zero-order chi connectivity index (χ0) is 11.9. The lowest BCUT2D eigenvalue weighted by molar-refractivity contribution is -0.00278. The van der Waals surface area contributed by atoms with Gasteiger partial charge >= 0.3 is 0 Å². The maximum Gasteiger partial charge on any atom is 0.180 e. The van der Waals surface area contributed by atoms with Crippen molar-refractivity contribution in [1.82, 2.24) is 0 Å². The van der Waals surface area contributed by atoms with Crippen LogP contribution in [0.4, 0.5) is 5.69 Å². The van der Waals surface area contributed by atoms with E-state index >= 15 is 0 Å². The molecule has 1 aromatic heterocycles. The Hall–Kier alpha value is -1.32. The Morgan fingerprint density at radius 3 is 2.71 bits per heavy atom. The molecule has 0 radical (unpaired) electrons. The van der Waals surface area contributed by atoms with E-state index in [0.717, 1.165) is 6.42 Å². The molecule has 0 saturated carbocycles. The first-order valence-corrected chi connectivity index (χ1v) is 6.57. The van der Waals surface area contributed by atoms with Gasteiger partial charge in [-0.05, 0) is 23.1 Å². The maximum atomic E-state index is 5.87. The third-order valence-corrected chi connectivity index (χ3v) is 4.57.